The topological polar surface area (TPSA) is 75.2 Å². The van der Waals surface area contributed by atoms with Crippen molar-refractivity contribution in [3.05, 3.63) is 41.2 Å². The van der Waals surface area contributed by atoms with Gasteiger partial charge in [-0.3, -0.25) is 14.6 Å². The predicted octanol–water partition coefficient (Wildman–Crippen LogP) is 2.93. The summed E-state index contributed by atoms with van der Waals surface area (Å²) in [6.07, 6.45) is 6.28. The van der Waals surface area contributed by atoms with Gasteiger partial charge in [-0.15, -0.1) is 11.8 Å². The van der Waals surface area contributed by atoms with Crippen LogP contribution in [0.2, 0.25) is 0 Å². The Morgan fingerprint density at radius 3 is 2.92 bits per heavy atom. The zero-order valence-corrected chi connectivity index (χ0v) is 15.6. The molecule has 0 spiro atoms. The van der Waals surface area contributed by atoms with Gasteiger partial charge in [0.15, 0.2) is 0 Å². The zero-order chi connectivity index (χ0) is 17.8. The maximum absolute atomic E-state index is 12.3. The Morgan fingerprint density at radius 2 is 2.24 bits per heavy atom. The van der Waals surface area contributed by atoms with E-state index in [1.165, 1.54) is 28.0 Å². The van der Waals surface area contributed by atoms with Crippen molar-refractivity contribution in [2.24, 2.45) is 0 Å². The van der Waals surface area contributed by atoms with Gasteiger partial charge < -0.3 is 10.2 Å². The number of allylic oxidation sites excluding steroid dienone is 1. The number of amides is 2. The summed E-state index contributed by atoms with van der Waals surface area (Å²) in [4.78, 5) is 35.2. The van der Waals surface area contributed by atoms with E-state index in [9.17, 15) is 9.59 Å². The molecule has 1 aliphatic heterocycles. The number of hydrogen-bond donors (Lipinski definition) is 1. The summed E-state index contributed by atoms with van der Waals surface area (Å²) in [7, 11) is 1.64. The van der Waals surface area contributed by atoms with Crippen molar-refractivity contribution in [2.45, 2.75) is 13.3 Å². The molecule has 0 radical (unpaired) electrons. The highest BCUT2D eigenvalue weighted by atomic mass is 32.2. The maximum atomic E-state index is 12.3. The number of pyridine rings is 1. The molecule has 1 N–H and O–H groups in total. The van der Waals surface area contributed by atoms with Crippen molar-refractivity contribution < 1.29 is 9.59 Å². The summed E-state index contributed by atoms with van der Waals surface area (Å²) in [5.41, 5.74) is 1.66. The minimum Gasteiger partial charge on any atom is -0.332 e. The average Bonchev–Trinajstić information content (AvgIpc) is 3.25. The molecule has 0 fully saturated rings. The molecule has 0 saturated carbocycles. The molecule has 2 aromatic rings. The van der Waals surface area contributed by atoms with Crippen molar-refractivity contribution in [1.82, 2.24) is 14.9 Å². The van der Waals surface area contributed by atoms with Crippen molar-refractivity contribution in [3.63, 3.8) is 0 Å². The number of carbonyl (C=O) groups is 2. The normalized spacial score (nSPS) is 13.4. The third kappa shape index (κ3) is 4.26. The molecule has 3 heterocycles. The molecule has 130 valence electrons. The molecule has 0 bridgehead atoms. The number of thiazole rings is 1. The molecule has 2 aromatic heterocycles. The lowest BCUT2D eigenvalue weighted by atomic mass is 10.3. The minimum absolute atomic E-state index is 0.0102. The smallest absolute Gasteiger partial charge is 0.260 e. The fourth-order valence-electron chi connectivity index (χ4n) is 2.33. The molecule has 0 atom stereocenters. The lowest BCUT2D eigenvalue weighted by molar-refractivity contribution is -0.129. The number of aryl methyl sites for hydroxylation is 1. The van der Waals surface area contributed by atoms with Crippen molar-refractivity contribution in [1.29, 1.82) is 0 Å². The van der Waals surface area contributed by atoms with E-state index in [4.69, 9.17) is 0 Å². The van der Waals surface area contributed by atoms with Gasteiger partial charge in [0, 0.05) is 30.8 Å². The number of thioether (sulfide) groups is 1. The van der Waals surface area contributed by atoms with E-state index in [1.807, 2.05) is 25.1 Å². The van der Waals surface area contributed by atoms with Gasteiger partial charge in [0.2, 0.25) is 5.91 Å². The molecule has 8 heteroatoms. The summed E-state index contributed by atoms with van der Waals surface area (Å²) >= 11 is 2.94. The molecular weight excluding hydrogens is 356 g/mol. The number of aromatic nitrogens is 2. The first-order valence-corrected chi connectivity index (χ1v) is 9.61. The second kappa shape index (κ2) is 7.79. The Kier molecular flexibility index (Phi) is 5.50. The predicted molar refractivity (Wildman–Crippen MR) is 102 cm³/mol. The van der Waals surface area contributed by atoms with Crippen LogP contribution >= 0.6 is 23.1 Å². The molecule has 3 rings (SSSR count). The SMILES string of the molecule is Cc1nc(-c2cccnc2)sc1NC(=O)CN(C)C(=O)C1=CCCS1. The second-order valence-electron chi connectivity index (χ2n) is 5.59. The number of rotatable bonds is 5. The Bertz CT molecular complexity index is 817. The highest BCUT2D eigenvalue weighted by molar-refractivity contribution is 8.04. The first-order valence-electron chi connectivity index (χ1n) is 7.80. The Balaban J connectivity index is 1.63. The van der Waals surface area contributed by atoms with Crippen LogP contribution in [0.1, 0.15) is 12.1 Å². The number of likely N-dealkylation sites (N-methyl/N-ethyl adjacent to an activating group) is 1. The van der Waals surface area contributed by atoms with Crippen LogP contribution in [0.25, 0.3) is 10.6 Å². The van der Waals surface area contributed by atoms with Crippen molar-refractivity contribution >= 4 is 39.9 Å². The van der Waals surface area contributed by atoms with E-state index in [-0.39, 0.29) is 18.4 Å². The van der Waals surface area contributed by atoms with Gasteiger partial charge in [0.05, 0.1) is 17.1 Å². The fourth-order valence-corrected chi connectivity index (χ4v) is 4.28. The Labute approximate surface area is 154 Å². The fraction of sp³-hybridized carbons (Fsp3) is 0.294. The molecule has 0 unspecified atom stereocenters. The van der Waals surface area contributed by atoms with Crippen LogP contribution in [0.15, 0.2) is 35.5 Å². The molecule has 0 saturated heterocycles. The molecule has 0 aromatic carbocycles. The van der Waals surface area contributed by atoms with Crippen molar-refractivity contribution in [3.8, 4) is 10.6 Å². The van der Waals surface area contributed by atoms with Gasteiger partial charge in [0.25, 0.3) is 5.91 Å². The first-order chi connectivity index (χ1) is 12.0. The molecule has 2 amide bonds. The van der Waals surface area contributed by atoms with Gasteiger partial charge in [-0.1, -0.05) is 17.4 Å². The highest BCUT2D eigenvalue weighted by Gasteiger charge is 2.21. The molecule has 6 nitrogen and oxygen atoms in total. The lowest BCUT2D eigenvalue weighted by Crippen LogP contribution is -2.35. The summed E-state index contributed by atoms with van der Waals surface area (Å²) < 4.78 is 0. The van der Waals surface area contributed by atoms with Gasteiger partial charge >= 0.3 is 0 Å². The van der Waals surface area contributed by atoms with Gasteiger partial charge in [-0.2, -0.15) is 0 Å². The number of nitrogens with zero attached hydrogens (tertiary/aromatic N) is 3. The van der Waals surface area contributed by atoms with Crippen LogP contribution < -0.4 is 5.32 Å². The van der Waals surface area contributed by atoms with E-state index in [0.29, 0.717) is 5.00 Å². The second-order valence-corrected chi connectivity index (χ2v) is 7.73. The average molecular weight is 374 g/mol. The van der Waals surface area contributed by atoms with E-state index < -0.39 is 0 Å². The minimum atomic E-state index is -0.232. The molecule has 0 aliphatic carbocycles. The number of nitrogens with one attached hydrogen (secondary N) is 1. The molecule has 25 heavy (non-hydrogen) atoms. The zero-order valence-electron chi connectivity index (χ0n) is 14.0. The van der Waals surface area contributed by atoms with Crippen LogP contribution in [0.5, 0.6) is 0 Å². The largest absolute Gasteiger partial charge is 0.332 e. The van der Waals surface area contributed by atoms with Gasteiger partial charge in [-0.05, 0) is 25.5 Å². The van der Waals surface area contributed by atoms with Crippen LogP contribution in [0.3, 0.4) is 0 Å². The summed E-state index contributed by atoms with van der Waals surface area (Å²) in [5.74, 6) is 0.594. The third-order valence-corrected chi connectivity index (χ3v) is 5.82. The monoisotopic (exact) mass is 374 g/mol. The van der Waals surface area contributed by atoms with Gasteiger partial charge in [0.1, 0.15) is 10.0 Å². The number of hydrogen-bond acceptors (Lipinski definition) is 6. The summed E-state index contributed by atoms with van der Waals surface area (Å²) in [5, 5.41) is 4.35. The van der Waals surface area contributed by atoms with E-state index >= 15 is 0 Å². The summed E-state index contributed by atoms with van der Waals surface area (Å²) in [6, 6.07) is 3.77. The van der Waals surface area contributed by atoms with Crippen LogP contribution in [-0.2, 0) is 9.59 Å². The molecular formula is C17H18N4O2S2. The third-order valence-electron chi connectivity index (χ3n) is 3.60. The number of anilines is 1. The lowest BCUT2D eigenvalue weighted by Gasteiger charge is -2.16. The Morgan fingerprint density at radius 1 is 1.40 bits per heavy atom. The van der Waals surface area contributed by atoms with Crippen LogP contribution in [0.4, 0.5) is 5.00 Å². The van der Waals surface area contributed by atoms with Crippen LogP contribution in [0, 0.1) is 6.92 Å². The van der Waals surface area contributed by atoms with E-state index in [1.54, 1.807) is 19.4 Å². The highest BCUT2D eigenvalue weighted by Crippen LogP contribution is 2.31. The molecule has 1 aliphatic rings. The first kappa shape index (κ1) is 17.6. The number of carbonyl (C=O) groups excluding carboxylic acids is 2. The Hall–Kier alpha value is -2.19. The standard InChI is InChI=1S/C17H18N4O2S2/c1-11-15(25-16(19-11)12-5-3-7-18-9-12)20-14(22)10-21(2)17(23)13-6-4-8-24-13/h3,5-7,9H,4,8,10H2,1-2H3,(H,20,22). The van der Waals surface area contributed by atoms with Crippen LogP contribution in [-0.4, -0.2) is 46.0 Å². The quantitative estimate of drug-likeness (QED) is 0.871. The summed E-state index contributed by atoms with van der Waals surface area (Å²) in [6.45, 7) is 1.86. The maximum Gasteiger partial charge on any atom is 0.260 e. The van der Waals surface area contributed by atoms with Gasteiger partial charge in [-0.25, -0.2) is 4.98 Å². The van der Waals surface area contributed by atoms with Crippen molar-refractivity contribution in [2.75, 3.05) is 24.7 Å². The van der Waals surface area contributed by atoms with E-state index in [0.717, 1.165) is 33.3 Å². The van der Waals surface area contributed by atoms with E-state index in [2.05, 4.69) is 15.3 Å².